The van der Waals surface area contributed by atoms with Gasteiger partial charge in [-0.2, -0.15) is 0 Å². The van der Waals surface area contributed by atoms with Crippen LogP contribution in [0.2, 0.25) is 0 Å². The Labute approximate surface area is 440 Å². The van der Waals surface area contributed by atoms with Crippen LogP contribution in [0.25, 0.3) is 28.2 Å². The lowest BCUT2D eigenvalue weighted by molar-refractivity contribution is 0.601. The summed E-state index contributed by atoms with van der Waals surface area (Å²) in [7, 11) is 0. The predicted octanol–water partition coefficient (Wildman–Crippen LogP) is 24.4. The lowest BCUT2D eigenvalue weighted by Gasteiger charge is -2.08. The average molecular weight is 998 g/mol. The van der Waals surface area contributed by atoms with Crippen molar-refractivity contribution in [3.63, 3.8) is 0 Å². The van der Waals surface area contributed by atoms with Crippen molar-refractivity contribution in [2.75, 3.05) is 0 Å². The van der Waals surface area contributed by atoms with Crippen LogP contribution < -0.4 is 0 Å². The molecule has 0 saturated heterocycles. The molecule has 0 fully saturated rings. The van der Waals surface area contributed by atoms with Crippen LogP contribution in [0.5, 0.6) is 0 Å². The number of unbranched alkanes of at least 4 members (excludes halogenated alkanes) is 30. The van der Waals surface area contributed by atoms with Gasteiger partial charge in [0.15, 0.2) is 0 Å². The highest BCUT2D eigenvalue weighted by atomic mass is 32.1. The molecule has 4 rings (SSSR count). The zero-order valence-electron chi connectivity index (χ0n) is 46.4. The number of hydrogen-bond donors (Lipinski definition) is 0. The number of hydrogen-bond acceptors (Lipinski definition) is 3. The fourth-order valence-electron chi connectivity index (χ4n) is 11.0. The number of fused-ring (bicyclic) bond motifs is 6. The fraction of sp³-hybridized carbons (Fsp3) is 0.727. The molecule has 6 bridgehead atoms. The Bertz CT molecular complexity index is 1620. The summed E-state index contributed by atoms with van der Waals surface area (Å²) in [5.41, 5.74) is 10.2. The van der Waals surface area contributed by atoms with E-state index in [0.717, 1.165) is 0 Å². The Hall–Kier alpha value is -1.68. The number of rotatable bonds is 42. The van der Waals surface area contributed by atoms with E-state index >= 15 is 0 Å². The summed E-state index contributed by atoms with van der Waals surface area (Å²) in [5, 5.41) is 0. The Morgan fingerprint density at radius 2 is 0.319 bits per heavy atom. The van der Waals surface area contributed by atoms with Crippen molar-refractivity contribution in [3.8, 4) is 0 Å². The van der Waals surface area contributed by atoms with Crippen LogP contribution in [0.15, 0.2) is 36.4 Å². The molecule has 390 valence electrons. The third-order valence-corrected chi connectivity index (χ3v) is 19.0. The molecule has 69 heavy (non-hydrogen) atoms. The molecule has 0 spiro atoms. The maximum absolute atomic E-state index is 2.63. The maximum atomic E-state index is 2.63. The molecule has 4 aromatic rings. The van der Waals surface area contributed by atoms with Crippen LogP contribution in [0.3, 0.4) is 0 Å². The normalized spacial score (nSPS) is 11.7. The highest BCUT2D eigenvalue weighted by Crippen LogP contribution is 2.39. The Kier molecular flexibility index (Phi) is 33.7. The molecule has 0 aliphatic carbocycles. The van der Waals surface area contributed by atoms with Crippen LogP contribution >= 0.6 is 34.0 Å². The molecule has 0 amide bonds. The van der Waals surface area contributed by atoms with E-state index in [1.807, 2.05) is 0 Å². The number of aryl methyl sites for hydroxylation is 6. The van der Waals surface area contributed by atoms with Crippen LogP contribution in [0, 0.1) is 0 Å². The van der Waals surface area contributed by atoms with E-state index < -0.39 is 0 Å². The molecule has 0 radical (unpaired) electrons. The van der Waals surface area contributed by atoms with E-state index in [1.165, 1.54) is 270 Å². The first kappa shape index (κ1) is 59.9. The molecule has 3 heteroatoms. The summed E-state index contributed by atoms with van der Waals surface area (Å²) >= 11 is 6.43. The van der Waals surface area contributed by atoms with Crippen LogP contribution in [-0.4, -0.2) is 0 Å². The van der Waals surface area contributed by atoms with E-state index in [-0.39, 0.29) is 0 Å². The molecule has 0 unspecified atom stereocenters. The highest BCUT2D eigenvalue weighted by molar-refractivity contribution is 7.25. The van der Waals surface area contributed by atoms with Crippen molar-refractivity contribution in [3.05, 3.63) is 69.8 Å². The first-order chi connectivity index (χ1) is 34.1. The van der Waals surface area contributed by atoms with Crippen LogP contribution in [0.1, 0.15) is 306 Å². The van der Waals surface area contributed by atoms with Crippen molar-refractivity contribution in [1.82, 2.24) is 0 Å². The molecule has 0 aromatic carbocycles. The SMILES string of the molecule is CCCCCCCCc1c(CCCCCCCC)c2ccc3sc(ccc4sc(ccc1s2)c(CCCCCCCC)c4CCCCCCCC)c(CCCCCCCC)c3CCCCCCCC. The van der Waals surface area contributed by atoms with Crippen molar-refractivity contribution in [1.29, 1.82) is 0 Å². The van der Waals surface area contributed by atoms with Gasteiger partial charge in [0.1, 0.15) is 0 Å². The lowest BCUT2D eigenvalue weighted by atomic mass is 9.96. The second-order valence-corrected chi connectivity index (χ2v) is 24.7. The minimum Gasteiger partial charge on any atom is -0.136 e. The van der Waals surface area contributed by atoms with E-state index in [0.29, 0.717) is 0 Å². The molecule has 0 saturated carbocycles. The third kappa shape index (κ3) is 23.0. The molecule has 0 aliphatic rings. The van der Waals surface area contributed by atoms with Gasteiger partial charge in [-0.3, -0.25) is 0 Å². The molecule has 0 nitrogen and oxygen atoms in total. The largest absolute Gasteiger partial charge is 0.136 e. The minimum atomic E-state index is 1.24. The van der Waals surface area contributed by atoms with Crippen LogP contribution in [-0.2, 0) is 38.5 Å². The zero-order chi connectivity index (χ0) is 49.0. The zero-order valence-corrected chi connectivity index (χ0v) is 48.8. The van der Waals surface area contributed by atoms with Crippen molar-refractivity contribution >= 4 is 62.2 Å². The van der Waals surface area contributed by atoms with Gasteiger partial charge in [-0.25, -0.2) is 0 Å². The quantitative estimate of drug-likeness (QED) is 0.0388. The lowest BCUT2D eigenvalue weighted by Crippen LogP contribution is -1.94. The molecular formula is C66H108S3. The van der Waals surface area contributed by atoms with Gasteiger partial charge in [0.05, 0.1) is 0 Å². The summed E-state index contributed by atoms with van der Waals surface area (Å²) in [4.78, 5) is 0. The summed E-state index contributed by atoms with van der Waals surface area (Å²) < 4.78 is 9.39. The second kappa shape index (κ2) is 38.9. The van der Waals surface area contributed by atoms with Crippen molar-refractivity contribution < 1.29 is 0 Å². The fourth-order valence-corrected chi connectivity index (χ4v) is 14.6. The second-order valence-electron chi connectivity index (χ2n) is 21.5. The molecule has 4 heterocycles. The monoisotopic (exact) mass is 997 g/mol. The van der Waals surface area contributed by atoms with Gasteiger partial charge in [0, 0.05) is 28.2 Å². The summed E-state index contributed by atoms with van der Waals surface area (Å²) in [6.45, 7) is 14.1. The van der Waals surface area contributed by atoms with E-state index in [9.17, 15) is 0 Å². The van der Waals surface area contributed by atoms with Gasteiger partial charge in [-0.05, 0) is 147 Å². The van der Waals surface area contributed by atoms with Gasteiger partial charge in [0.2, 0.25) is 0 Å². The Morgan fingerprint density at radius 3 is 0.464 bits per heavy atom. The van der Waals surface area contributed by atoms with E-state index in [1.54, 1.807) is 61.6 Å². The van der Waals surface area contributed by atoms with Gasteiger partial charge >= 0.3 is 0 Å². The maximum Gasteiger partial charge on any atom is 0.0312 e. The molecule has 0 atom stereocenters. The first-order valence-corrected chi connectivity index (χ1v) is 33.0. The third-order valence-electron chi connectivity index (χ3n) is 15.4. The minimum absolute atomic E-state index is 1.24. The molecule has 0 aliphatic heterocycles. The Balaban J connectivity index is 1.98. The van der Waals surface area contributed by atoms with Gasteiger partial charge in [0.25, 0.3) is 0 Å². The highest BCUT2D eigenvalue weighted by Gasteiger charge is 2.16. The van der Waals surface area contributed by atoms with Crippen molar-refractivity contribution in [2.24, 2.45) is 0 Å². The average Bonchev–Trinajstić information content (AvgIpc) is 3.99. The first-order valence-electron chi connectivity index (χ1n) is 30.6. The summed E-state index contributed by atoms with van der Waals surface area (Å²) in [5.74, 6) is 0. The summed E-state index contributed by atoms with van der Waals surface area (Å²) in [6.07, 6.45) is 56.6. The van der Waals surface area contributed by atoms with E-state index in [2.05, 4.69) is 112 Å². The molecule has 0 N–H and O–H groups in total. The summed E-state index contributed by atoms with van der Waals surface area (Å²) in [6, 6.07) is 15.8. The van der Waals surface area contributed by atoms with E-state index in [4.69, 9.17) is 0 Å². The smallest absolute Gasteiger partial charge is 0.0312 e. The molecular weight excluding hydrogens is 889 g/mol. The number of thiophene rings is 3. The predicted molar refractivity (Wildman–Crippen MR) is 322 cm³/mol. The molecule has 4 aromatic heterocycles. The van der Waals surface area contributed by atoms with Gasteiger partial charge in [-0.15, -0.1) is 34.0 Å². The van der Waals surface area contributed by atoms with Gasteiger partial charge in [-0.1, -0.05) is 234 Å². The Morgan fingerprint density at radius 1 is 0.188 bits per heavy atom. The van der Waals surface area contributed by atoms with Crippen LogP contribution in [0.4, 0.5) is 0 Å². The topological polar surface area (TPSA) is 0 Å². The van der Waals surface area contributed by atoms with Gasteiger partial charge < -0.3 is 0 Å². The standard InChI is InChI=1S/C66H108S3/c1-7-13-19-25-31-37-43-55-56(44-38-32-26-20-14-8-2)62-51-52-64-59(47-41-35-29-23-17-11-5)60(48-42-36-30-24-18-12-6)66(69-64)54-53-65-58(46-40-34-28-22-16-10-4)57(45-39-33-27-21-15-9-3)63(68-65)50-49-61(55)67-62/h49-54H,7-48H2,1-6H3. The van der Waals surface area contributed by atoms with Crippen molar-refractivity contribution in [2.45, 2.75) is 311 Å².